The van der Waals surface area contributed by atoms with Crippen LogP contribution in [0.2, 0.25) is 0 Å². The van der Waals surface area contributed by atoms with E-state index in [1.165, 1.54) is 0 Å². The molecule has 0 saturated carbocycles. The molecule has 0 bridgehead atoms. The van der Waals surface area contributed by atoms with Crippen LogP contribution < -0.4 is 0 Å². The van der Waals surface area contributed by atoms with Gasteiger partial charge in [-0.25, -0.2) is 0 Å². The second-order valence-corrected chi connectivity index (χ2v) is 2.36. The highest BCUT2D eigenvalue weighted by atomic mass is 79.9. The first-order valence-electron chi connectivity index (χ1n) is 3.16. The molecule has 0 spiro atoms. The summed E-state index contributed by atoms with van der Waals surface area (Å²) in [6.45, 7) is 4.87. The Morgan fingerprint density at radius 1 is 1.60 bits per heavy atom. The highest BCUT2D eigenvalue weighted by Gasteiger charge is 1.87. The lowest BCUT2D eigenvalue weighted by molar-refractivity contribution is 0.148. The molecule has 0 amide bonds. The largest absolute Gasteiger partial charge is 0.479 e. The molecule has 0 aliphatic rings. The van der Waals surface area contributed by atoms with Crippen molar-refractivity contribution in [3.63, 3.8) is 0 Å². The normalized spacial score (nSPS) is 11.3. The third kappa shape index (κ3) is 5.88. The second-order valence-electron chi connectivity index (χ2n) is 1.57. The molecule has 3 nitrogen and oxygen atoms in total. The Balaban J connectivity index is 3.28. The first kappa shape index (κ1) is 9.75. The van der Waals surface area contributed by atoms with Gasteiger partial charge in [0.2, 0.25) is 5.90 Å². The molecule has 60 valence electrons. The molecule has 0 aromatic rings. The van der Waals surface area contributed by atoms with Crippen LogP contribution in [0.3, 0.4) is 0 Å². The van der Waals surface area contributed by atoms with Crippen molar-refractivity contribution in [2.75, 3.05) is 18.5 Å². The molecule has 0 unspecified atom stereocenters. The van der Waals surface area contributed by atoms with Crippen LogP contribution in [0, 0.1) is 0 Å². The van der Waals surface area contributed by atoms with Gasteiger partial charge in [0.15, 0.2) is 0 Å². The van der Waals surface area contributed by atoms with Crippen molar-refractivity contribution in [3.05, 3.63) is 0 Å². The number of hydrogen-bond donors (Lipinski definition) is 0. The van der Waals surface area contributed by atoms with Crippen LogP contribution in [-0.2, 0) is 9.57 Å². The molecule has 0 aliphatic carbocycles. The average Bonchev–Trinajstić information content (AvgIpc) is 1.89. The lowest BCUT2D eigenvalue weighted by Crippen LogP contribution is -2.00. The van der Waals surface area contributed by atoms with Crippen molar-refractivity contribution in [2.45, 2.75) is 13.8 Å². The predicted molar refractivity (Wildman–Crippen MR) is 44.5 cm³/mol. The Morgan fingerprint density at radius 2 is 2.30 bits per heavy atom. The van der Waals surface area contributed by atoms with Gasteiger partial charge in [-0.3, -0.25) is 0 Å². The second kappa shape index (κ2) is 6.86. The number of rotatable bonds is 4. The van der Waals surface area contributed by atoms with Crippen molar-refractivity contribution in [1.82, 2.24) is 0 Å². The van der Waals surface area contributed by atoms with Gasteiger partial charge in [-0.2, -0.15) is 0 Å². The zero-order chi connectivity index (χ0) is 7.82. The maximum atomic E-state index is 5.00. The van der Waals surface area contributed by atoms with Gasteiger partial charge in [0.1, 0.15) is 6.61 Å². The fraction of sp³-hybridized carbons (Fsp3) is 0.833. The third-order valence-corrected chi connectivity index (χ3v) is 1.04. The summed E-state index contributed by atoms with van der Waals surface area (Å²) in [5.74, 6) is 0.573. The molecule has 0 aliphatic heterocycles. The van der Waals surface area contributed by atoms with Gasteiger partial charge in [-0.15, -0.1) is 0 Å². The van der Waals surface area contributed by atoms with Crippen molar-refractivity contribution in [3.8, 4) is 0 Å². The van der Waals surface area contributed by atoms with Gasteiger partial charge in [-0.1, -0.05) is 21.1 Å². The first-order valence-corrected chi connectivity index (χ1v) is 4.28. The molecule has 0 aromatic carbocycles. The maximum Gasteiger partial charge on any atom is 0.222 e. The molecule has 0 aromatic heterocycles. The number of hydrogen-bond acceptors (Lipinski definition) is 3. The summed E-state index contributed by atoms with van der Waals surface area (Å²) >= 11 is 3.20. The average molecular weight is 210 g/mol. The summed E-state index contributed by atoms with van der Waals surface area (Å²) in [6.07, 6.45) is 0. The molecule has 10 heavy (non-hydrogen) atoms. The highest BCUT2D eigenvalue weighted by molar-refractivity contribution is 9.09. The van der Waals surface area contributed by atoms with E-state index in [0.717, 1.165) is 5.33 Å². The number of alkyl halides is 1. The molecule has 4 heteroatoms. The summed E-state index contributed by atoms with van der Waals surface area (Å²) in [6, 6.07) is 0. The Morgan fingerprint density at radius 3 is 2.80 bits per heavy atom. The zero-order valence-corrected chi connectivity index (χ0v) is 7.85. The molecule has 0 saturated heterocycles. The van der Waals surface area contributed by atoms with Gasteiger partial charge >= 0.3 is 0 Å². The van der Waals surface area contributed by atoms with Gasteiger partial charge in [-0.05, 0) is 6.92 Å². The van der Waals surface area contributed by atoms with Crippen LogP contribution in [0.15, 0.2) is 5.16 Å². The van der Waals surface area contributed by atoms with E-state index >= 15 is 0 Å². The minimum atomic E-state index is 0.573. The van der Waals surface area contributed by atoms with E-state index in [-0.39, 0.29) is 0 Å². The molecule has 0 heterocycles. The number of ether oxygens (including phenoxy) is 1. The van der Waals surface area contributed by atoms with E-state index in [9.17, 15) is 0 Å². The fourth-order valence-corrected chi connectivity index (χ4v) is 0.551. The number of oxime groups is 1. The fourth-order valence-electron chi connectivity index (χ4n) is 0.406. The number of halogens is 1. The quantitative estimate of drug-likeness (QED) is 0.233. The first-order chi connectivity index (χ1) is 4.81. The smallest absolute Gasteiger partial charge is 0.222 e. The van der Waals surface area contributed by atoms with Gasteiger partial charge in [0, 0.05) is 12.3 Å². The molecule has 0 fully saturated rings. The number of nitrogens with zero attached hydrogens (tertiary/aromatic N) is 1. The summed E-state index contributed by atoms with van der Waals surface area (Å²) in [5.41, 5.74) is 0. The van der Waals surface area contributed by atoms with Gasteiger partial charge in [0.05, 0.1) is 6.61 Å². The Labute approximate surface area is 69.5 Å². The zero-order valence-electron chi connectivity index (χ0n) is 6.26. The monoisotopic (exact) mass is 209 g/mol. The lowest BCUT2D eigenvalue weighted by Gasteiger charge is -1.99. The van der Waals surface area contributed by atoms with Crippen LogP contribution in [0.25, 0.3) is 0 Å². The Kier molecular flexibility index (Phi) is 6.69. The SMILES string of the molecule is CCOC(C)=NOCCBr. The van der Waals surface area contributed by atoms with Crippen LogP contribution in [0.5, 0.6) is 0 Å². The van der Waals surface area contributed by atoms with E-state index in [4.69, 9.17) is 9.57 Å². The molecule has 0 N–H and O–H groups in total. The third-order valence-electron chi connectivity index (χ3n) is 0.715. The molecule has 0 atom stereocenters. The lowest BCUT2D eigenvalue weighted by atomic mass is 10.7. The van der Waals surface area contributed by atoms with Crippen molar-refractivity contribution >= 4 is 21.8 Å². The van der Waals surface area contributed by atoms with Crippen molar-refractivity contribution in [2.24, 2.45) is 5.16 Å². The molecular weight excluding hydrogens is 198 g/mol. The van der Waals surface area contributed by atoms with E-state index < -0.39 is 0 Å². The highest BCUT2D eigenvalue weighted by Crippen LogP contribution is 1.86. The summed E-state index contributed by atoms with van der Waals surface area (Å²) < 4.78 is 5.00. The molecular formula is C6H12BrNO2. The maximum absolute atomic E-state index is 5.00. The summed E-state index contributed by atoms with van der Waals surface area (Å²) in [7, 11) is 0. The van der Waals surface area contributed by atoms with Crippen LogP contribution in [-0.4, -0.2) is 24.4 Å². The van der Waals surface area contributed by atoms with E-state index in [1.807, 2.05) is 6.92 Å². The van der Waals surface area contributed by atoms with Crippen LogP contribution >= 0.6 is 15.9 Å². The summed E-state index contributed by atoms with van der Waals surface area (Å²) in [5, 5.41) is 4.46. The predicted octanol–water partition coefficient (Wildman–Crippen LogP) is 1.77. The minimum absolute atomic E-state index is 0.573. The van der Waals surface area contributed by atoms with Gasteiger partial charge < -0.3 is 9.57 Å². The van der Waals surface area contributed by atoms with Crippen LogP contribution in [0.1, 0.15) is 13.8 Å². The Bertz CT molecular complexity index is 106. The van der Waals surface area contributed by atoms with Gasteiger partial charge in [0.25, 0.3) is 0 Å². The summed E-state index contributed by atoms with van der Waals surface area (Å²) in [4.78, 5) is 4.81. The standard InChI is InChI=1S/C6H12BrNO2/c1-3-9-6(2)8-10-5-4-7/h3-5H2,1-2H3. The van der Waals surface area contributed by atoms with Crippen molar-refractivity contribution < 1.29 is 9.57 Å². The van der Waals surface area contributed by atoms with E-state index in [0.29, 0.717) is 19.1 Å². The topological polar surface area (TPSA) is 30.8 Å². The Hall–Kier alpha value is -0.250. The molecule has 0 rings (SSSR count). The van der Waals surface area contributed by atoms with Crippen molar-refractivity contribution in [1.29, 1.82) is 0 Å². The molecule has 0 radical (unpaired) electrons. The minimum Gasteiger partial charge on any atom is -0.479 e. The van der Waals surface area contributed by atoms with E-state index in [2.05, 4.69) is 21.1 Å². The van der Waals surface area contributed by atoms with E-state index in [1.54, 1.807) is 6.92 Å². The van der Waals surface area contributed by atoms with Crippen LogP contribution in [0.4, 0.5) is 0 Å².